The van der Waals surface area contributed by atoms with Crippen LogP contribution in [0.3, 0.4) is 0 Å². The third kappa shape index (κ3) is 7.32. The number of carbonyl (C=O) groups excluding carboxylic acids is 1. The summed E-state index contributed by atoms with van der Waals surface area (Å²) in [4.78, 5) is 44.5. The van der Waals surface area contributed by atoms with Gasteiger partial charge in [-0.25, -0.2) is 24.1 Å². The minimum Gasteiger partial charge on any atom is -0.387 e. The molecule has 0 spiro atoms. The largest absolute Gasteiger partial charge is 0.481 e. The molecule has 50 heavy (non-hydrogen) atoms. The zero-order valence-electron chi connectivity index (χ0n) is 25.5. The normalized spacial score (nSPS) is 29.2. The second-order valence-electron chi connectivity index (χ2n) is 11.2. The molecule has 1 aromatic carbocycles. The van der Waals surface area contributed by atoms with Crippen molar-refractivity contribution in [3.63, 3.8) is 0 Å². The molecule has 2 aliphatic heterocycles. The highest BCUT2D eigenvalue weighted by Crippen LogP contribution is 2.60. The van der Waals surface area contributed by atoms with Crippen LogP contribution in [0.15, 0.2) is 61.2 Å². The van der Waals surface area contributed by atoms with E-state index in [0.29, 0.717) is 5.56 Å². The molecule has 2 fully saturated rings. The van der Waals surface area contributed by atoms with E-state index in [2.05, 4.69) is 19.3 Å². The number of hydrogen-bond donors (Lipinski definition) is 8. The van der Waals surface area contributed by atoms with Gasteiger partial charge in [0.15, 0.2) is 41.7 Å². The zero-order chi connectivity index (χ0) is 36.0. The van der Waals surface area contributed by atoms with Gasteiger partial charge in [0, 0.05) is 11.6 Å². The van der Waals surface area contributed by atoms with Gasteiger partial charge in [-0.3, -0.25) is 18.4 Å². The number of imidazole rings is 1. The van der Waals surface area contributed by atoms with Crippen LogP contribution < -0.4 is 16.0 Å². The molecular formula is C27H32N7O14P2+. The number of nitrogen functional groups attached to an aromatic ring is 1. The third-order valence-electron chi connectivity index (χ3n) is 7.88. The molecule has 1 amide bonds. The summed E-state index contributed by atoms with van der Waals surface area (Å²) in [5.74, 6) is -0.490. The number of primary amides is 1. The molecule has 5 heterocycles. The molecule has 0 radical (unpaired) electrons. The fraction of sp³-hybridized carbons (Fsp3) is 0.370. The standard InChI is InChI=1S/C27H31N7O14P2/c28-22-17-25(31-12-30-22)34(24(32-17)13-5-2-1-3-6-13)27-21(38)19(36)16(47-27)11-45-50(42,43)48-49(40,41)44-10-15-18(35)20(37)26(46-15)33-8-4-7-14(9-33)23(29)39/h1-9,12,15-16,18-21,26-27,35-38H,10-11H2,(H5-,28,29,30,31,39,40,41,42,43)/p+1/t15-,16-,18-,19-,20-,21-,26-,27-/m1/s1. The van der Waals surface area contributed by atoms with E-state index in [0.717, 1.165) is 0 Å². The minimum absolute atomic E-state index is 0.0340. The van der Waals surface area contributed by atoms with Gasteiger partial charge in [-0.2, -0.15) is 8.88 Å². The first-order valence-corrected chi connectivity index (χ1v) is 17.7. The number of nitrogens with two attached hydrogens (primary N) is 2. The van der Waals surface area contributed by atoms with Gasteiger partial charge < -0.3 is 51.2 Å². The summed E-state index contributed by atoms with van der Waals surface area (Å²) in [5, 5.41) is 42.6. The van der Waals surface area contributed by atoms with E-state index in [1.54, 1.807) is 30.3 Å². The number of nitrogens with zero attached hydrogens (tertiary/aromatic N) is 5. The number of aliphatic hydroxyl groups excluding tert-OH is 4. The summed E-state index contributed by atoms with van der Waals surface area (Å²) < 4.78 is 53.1. The number of fused-ring (bicyclic) bond motifs is 1. The van der Waals surface area contributed by atoms with Crippen LogP contribution in [-0.2, 0) is 32.0 Å². The third-order valence-corrected chi connectivity index (χ3v) is 10.5. The summed E-state index contributed by atoms with van der Waals surface area (Å²) in [5.41, 5.74) is 12.2. The van der Waals surface area contributed by atoms with E-state index in [-0.39, 0.29) is 28.4 Å². The van der Waals surface area contributed by atoms with Crippen molar-refractivity contribution in [1.82, 2.24) is 19.5 Å². The van der Waals surface area contributed by atoms with E-state index in [4.69, 9.17) is 30.0 Å². The number of phosphoric acid groups is 2. The van der Waals surface area contributed by atoms with Gasteiger partial charge in [0.2, 0.25) is 0 Å². The lowest BCUT2D eigenvalue weighted by atomic mass is 10.1. The molecule has 10 atom stereocenters. The second kappa shape index (κ2) is 14.1. The number of pyridine rings is 1. The maximum atomic E-state index is 12.7. The molecule has 268 valence electrons. The van der Waals surface area contributed by atoms with E-state index >= 15 is 0 Å². The smallest absolute Gasteiger partial charge is 0.387 e. The van der Waals surface area contributed by atoms with Gasteiger partial charge in [0.1, 0.15) is 48.2 Å². The Hall–Kier alpha value is -3.79. The molecule has 0 bridgehead atoms. The Kier molecular flexibility index (Phi) is 10.1. The Bertz CT molecular complexity index is 1970. The number of anilines is 1. The molecule has 4 aromatic rings. The fourth-order valence-corrected chi connectivity index (χ4v) is 7.55. The lowest BCUT2D eigenvalue weighted by Gasteiger charge is -2.20. The van der Waals surface area contributed by atoms with Crippen LogP contribution >= 0.6 is 15.6 Å². The molecular weight excluding hydrogens is 708 g/mol. The lowest BCUT2D eigenvalue weighted by Crippen LogP contribution is -2.46. The van der Waals surface area contributed by atoms with Gasteiger partial charge in [-0.05, 0) is 6.07 Å². The van der Waals surface area contributed by atoms with Crippen molar-refractivity contribution < 1.29 is 71.5 Å². The van der Waals surface area contributed by atoms with Crippen molar-refractivity contribution >= 4 is 38.5 Å². The monoisotopic (exact) mass is 740 g/mol. The number of benzene rings is 1. The summed E-state index contributed by atoms with van der Waals surface area (Å²) in [7, 11) is -10.8. The second-order valence-corrected chi connectivity index (χ2v) is 14.3. The van der Waals surface area contributed by atoms with Gasteiger partial charge in [-0.1, -0.05) is 30.3 Å². The van der Waals surface area contributed by atoms with Crippen molar-refractivity contribution in [2.45, 2.75) is 49.1 Å². The molecule has 21 nitrogen and oxygen atoms in total. The van der Waals surface area contributed by atoms with E-state index in [9.17, 15) is 44.1 Å². The Morgan fingerprint density at radius 2 is 1.54 bits per heavy atom. The summed E-state index contributed by atoms with van der Waals surface area (Å²) in [6.45, 7) is -1.83. The van der Waals surface area contributed by atoms with Crippen LogP contribution in [-0.4, -0.2) is 105 Å². The average molecular weight is 741 g/mol. The van der Waals surface area contributed by atoms with Crippen LogP contribution in [0, 0.1) is 0 Å². The molecule has 2 unspecified atom stereocenters. The highest BCUT2D eigenvalue weighted by molar-refractivity contribution is 7.61. The maximum Gasteiger partial charge on any atom is 0.481 e. The molecule has 2 aliphatic rings. The zero-order valence-corrected chi connectivity index (χ0v) is 27.3. The maximum absolute atomic E-state index is 12.7. The summed E-state index contributed by atoms with van der Waals surface area (Å²) in [6, 6.07) is 11.5. The summed E-state index contributed by atoms with van der Waals surface area (Å²) in [6.07, 6.45) is -8.35. The van der Waals surface area contributed by atoms with Crippen LogP contribution in [0.5, 0.6) is 0 Å². The van der Waals surface area contributed by atoms with E-state index < -0.39 is 83.8 Å². The molecule has 0 saturated carbocycles. The number of amides is 1. The highest BCUT2D eigenvalue weighted by atomic mass is 31.3. The summed E-state index contributed by atoms with van der Waals surface area (Å²) >= 11 is 0. The molecule has 3 aromatic heterocycles. The number of ether oxygens (including phenoxy) is 2. The van der Waals surface area contributed by atoms with Crippen molar-refractivity contribution in [2.75, 3.05) is 18.9 Å². The molecule has 2 saturated heterocycles. The Morgan fingerprint density at radius 1 is 0.900 bits per heavy atom. The SMILES string of the molecule is NC(=O)c1ccc[n+]([C@@H]2O[C@H](COP(=O)(O)OP(=O)(O)OC[C@H]3O[C@@H](n4c(-c5ccccc5)nc5c(N)ncnc54)[C@H](O)[C@@H]3O)[C@@H](O)[C@H]2O)c1. The van der Waals surface area contributed by atoms with Crippen molar-refractivity contribution in [3.8, 4) is 11.4 Å². The number of hydrogen-bond acceptors (Lipinski definition) is 16. The van der Waals surface area contributed by atoms with Gasteiger partial charge in [0.05, 0.1) is 13.2 Å². The van der Waals surface area contributed by atoms with Crippen LogP contribution in [0.1, 0.15) is 22.8 Å². The molecule has 0 aliphatic carbocycles. The van der Waals surface area contributed by atoms with Gasteiger partial charge >= 0.3 is 15.6 Å². The van der Waals surface area contributed by atoms with Crippen molar-refractivity contribution in [2.24, 2.45) is 5.73 Å². The Labute approximate surface area is 281 Å². The van der Waals surface area contributed by atoms with Crippen LogP contribution in [0.2, 0.25) is 0 Å². The molecule has 6 rings (SSSR count). The number of aromatic nitrogens is 5. The van der Waals surface area contributed by atoms with Crippen LogP contribution in [0.4, 0.5) is 5.82 Å². The number of carbonyl (C=O) groups is 1. The lowest BCUT2D eigenvalue weighted by molar-refractivity contribution is -0.765. The van der Waals surface area contributed by atoms with E-state index in [1.807, 2.05) is 0 Å². The average Bonchev–Trinajstić information content (AvgIpc) is 3.70. The fourth-order valence-electron chi connectivity index (χ4n) is 5.46. The predicted octanol–water partition coefficient (Wildman–Crippen LogP) is -1.35. The number of rotatable bonds is 12. The van der Waals surface area contributed by atoms with E-state index in [1.165, 1.54) is 40.0 Å². The van der Waals surface area contributed by atoms with Crippen molar-refractivity contribution in [3.05, 3.63) is 66.7 Å². The Balaban J connectivity index is 1.09. The first-order valence-electron chi connectivity index (χ1n) is 14.7. The van der Waals surface area contributed by atoms with Gasteiger partial charge in [0.25, 0.3) is 12.1 Å². The number of phosphoric ester groups is 2. The van der Waals surface area contributed by atoms with Crippen LogP contribution in [0.25, 0.3) is 22.6 Å². The number of aliphatic hydroxyl groups is 4. The molecule has 10 N–H and O–H groups in total. The first-order chi connectivity index (χ1) is 23.7. The molecule has 23 heteroatoms. The quantitative estimate of drug-likeness (QED) is 0.0615. The predicted molar refractivity (Wildman–Crippen MR) is 165 cm³/mol. The minimum atomic E-state index is -5.43. The first kappa shape index (κ1) is 36.0. The van der Waals surface area contributed by atoms with Crippen molar-refractivity contribution in [1.29, 1.82) is 0 Å². The van der Waals surface area contributed by atoms with Gasteiger partial charge in [-0.15, -0.1) is 0 Å². The Morgan fingerprint density at radius 3 is 2.20 bits per heavy atom. The highest BCUT2D eigenvalue weighted by Gasteiger charge is 2.50. The topological polar surface area (TPSA) is 318 Å².